The Hall–Kier alpha value is -1.87. The van der Waals surface area contributed by atoms with E-state index in [1.807, 2.05) is 27.7 Å². The Morgan fingerprint density at radius 2 is 1.62 bits per heavy atom. The van der Waals surface area contributed by atoms with E-state index in [1.165, 1.54) is 12.3 Å². The fourth-order valence-corrected chi connectivity index (χ4v) is 4.87. The zero-order valence-corrected chi connectivity index (χ0v) is 24.1. The van der Waals surface area contributed by atoms with E-state index in [4.69, 9.17) is 49.4 Å². The number of aromatic nitrogens is 2. The fraction of sp³-hybridized carbons (Fsp3) is 0.481. The van der Waals surface area contributed by atoms with E-state index in [1.54, 1.807) is 29.7 Å². The summed E-state index contributed by atoms with van der Waals surface area (Å²) in [5, 5.41) is 13.8. The van der Waals surface area contributed by atoms with Crippen LogP contribution in [-0.2, 0) is 9.47 Å². The van der Waals surface area contributed by atoms with Gasteiger partial charge in [-0.05, 0) is 59.6 Å². The molecule has 3 rings (SSSR count). The maximum Gasteiger partial charge on any atom is 0.193 e. The molecule has 1 aromatic carbocycles. The van der Waals surface area contributed by atoms with Crippen LogP contribution in [0.2, 0.25) is 15.1 Å². The van der Waals surface area contributed by atoms with Crippen molar-refractivity contribution in [3.63, 3.8) is 0 Å². The first kappa shape index (κ1) is 29.7. The number of ether oxygens (including phenoxy) is 2. The van der Waals surface area contributed by atoms with Gasteiger partial charge in [0.2, 0.25) is 0 Å². The number of aryl methyl sites for hydroxylation is 1. The van der Waals surface area contributed by atoms with Crippen molar-refractivity contribution in [1.82, 2.24) is 9.55 Å². The van der Waals surface area contributed by atoms with Gasteiger partial charge in [0.05, 0.1) is 68.9 Å². The third-order valence-electron chi connectivity index (χ3n) is 6.13. The predicted octanol–water partition coefficient (Wildman–Crippen LogP) is 6.43. The third-order valence-corrected chi connectivity index (χ3v) is 7.02. The average molecular weight is 571 g/mol. The van der Waals surface area contributed by atoms with E-state index in [0.717, 1.165) is 0 Å². The average Bonchev–Trinajstić information content (AvgIpc) is 2.80. The van der Waals surface area contributed by atoms with Crippen molar-refractivity contribution in [2.45, 2.75) is 58.7 Å². The molecule has 0 aliphatic carbocycles. The summed E-state index contributed by atoms with van der Waals surface area (Å²) in [4.78, 5) is 17.5. The van der Waals surface area contributed by atoms with Crippen LogP contribution >= 0.6 is 34.8 Å². The number of rotatable bonds is 12. The highest BCUT2D eigenvalue weighted by atomic mass is 35.5. The van der Waals surface area contributed by atoms with Crippen molar-refractivity contribution in [2.24, 2.45) is 0 Å². The first-order chi connectivity index (χ1) is 17.4. The topological polar surface area (TPSA) is 85.6 Å². The van der Waals surface area contributed by atoms with Gasteiger partial charge in [-0.2, -0.15) is 0 Å². The van der Waals surface area contributed by atoms with E-state index >= 15 is 0 Å². The van der Waals surface area contributed by atoms with Crippen molar-refractivity contribution in [3.8, 4) is 5.69 Å². The molecule has 37 heavy (non-hydrogen) atoms. The Bertz CT molecular complexity index is 1290. The Morgan fingerprint density at radius 3 is 2.27 bits per heavy atom. The molecule has 0 aliphatic heterocycles. The van der Waals surface area contributed by atoms with Gasteiger partial charge in [0.15, 0.2) is 5.43 Å². The number of fused-ring (bicyclic) bond motifs is 1. The molecule has 10 heteroatoms. The molecule has 3 aromatic rings. The maximum absolute atomic E-state index is 13.1. The van der Waals surface area contributed by atoms with Gasteiger partial charge in [-0.15, -0.1) is 0 Å². The van der Waals surface area contributed by atoms with Crippen LogP contribution in [0, 0.1) is 6.92 Å². The van der Waals surface area contributed by atoms with Crippen LogP contribution < -0.4 is 10.7 Å². The van der Waals surface area contributed by atoms with Gasteiger partial charge in [0.1, 0.15) is 5.82 Å². The normalized spacial score (nSPS) is 12.4. The van der Waals surface area contributed by atoms with Gasteiger partial charge in [0.25, 0.3) is 0 Å². The molecule has 0 amide bonds. The number of para-hydroxylation sites is 1. The Morgan fingerprint density at radius 1 is 1.00 bits per heavy atom. The fourth-order valence-electron chi connectivity index (χ4n) is 4.08. The van der Waals surface area contributed by atoms with Crippen molar-refractivity contribution in [1.29, 1.82) is 0 Å². The maximum atomic E-state index is 13.1. The SMILES string of the molecule is Cc1cc(=O)c2c(NCCC(C)(C)OCCC(C)(C)OCCO)ncc(Cl)c2n1-c1c(Cl)cccc1Cl. The van der Waals surface area contributed by atoms with E-state index in [-0.39, 0.29) is 17.6 Å². The first-order valence-electron chi connectivity index (χ1n) is 12.1. The van der Waals surface area contributed by atoms with Crippen LogP contribution in [0.3, 0.4) is 0 Å². The van der Waals surface area contributed by atoms with Gasteiger partial charge in [-0.3, -0.25) is 4.79 Å². The van der Waals surface area contributed by atoms with Gasteiger partial charge < -0.3 is 24.5 Å². The monoisotopic (exact) mass is 569 g/mol. The highest BCUT2D eigenvalue weighted by Gasteiger charge is 2.24. The molecule has 0 saturated carbocycles. The molecule has 2 N–H and O–H groups in total. The number of hydrogen-bond donors (Lipinski definition) is 2. The molecule has 0 atom stereocenters. The lowest BCUT2D eigenvalue weighted by atomic mass is 10.0. The smallest absolute Gasteiger partial charge is 0.193 e. The lowest BCUT2D eigenvalue weighted by Gasteiger charge is -2.30. The zero-order valence-electron chi connectivity index (χ0n) is 21.8. The molecule has 0 radical (unpaired) electrons. The van der Waals surface area contributed by atoms with Gasteiger partial charge in [-0.1, -0.05) is 40.9 Å². The van der Waals surface area contributed by atoms with E-state index in [0.29, 0.717) is 75.8 Å². The predicted molar refractivity (Wildman–Crippen MR) is 152 cm³/mol. The summed E-state index contributed by atoms with van der Waals surface area (Å²) in [6.07, 6.45) is 2.87. The molecule has 0 spiro atoms. The van der Waals surface area contributed by atoms with Crippen molar-refractivity contribution in [2.75, 3.05) is 31.7 Å². The van der Waals surface area contributed by atoms with E-state index < -0.39 is 5.60 Å². The molecule has 0 bridgehead atoms. The second-order valence-corrected chi connectivity index (χ2v) is 11.3. The standard InChI is InChI=1S/C27H34Cl3N3O4/c1-17-15-21(35)22-24(33(17)23-18(28)7-6-8-19(23)29)20(30)16-32-25(22)31-11-9-26(2,3)36-13-10-27(4,5)37-14-12-34/h6-8,15-16,34H,9-14H2,1-5H3,(H,31,32). The number of pyridine rings is 2. The van der Waals surface area contributed by atoms with Gasteiger partial charge >= 0.3 is 0 Å². The molecule has 2 heterocycles. The van der Waals surface area contributed by atoms with Crippen LogP contribution in [0.15, 0.2) is 35.3 Å². The molecular weight excluding hydrogens is 537 g/mol. The van der Waals surface area contributed by atoms with Gasteiger partial charge in [-0.25, -0.2) is 4.98 Å². The highest BCUT2D eigenvalue weighted by molar-refractivity contribution is 6.38. The highest BCUT2D eigenvalue weighted by Crippen LogP contribution is 2.35. The van der Waals surface area contributed by atoms with Gasteiger partial charge in [0, 0.05) is 18.3 Å². The minimum absolute atomic E-state index is 0.00899. The Labute approximate surface area is 232 Å². The van der Waals surface area contributed by atoms with E-state index in [2.05, 4.69) is 10.3 Å². The first-order valence-corrected chi connectivity index (χ1v) is 13.3. The minimum atomic E-state index is -0.426. The van der Waals surface area contributed by atoms with Crippen LogP contribution in [-0.4, -0.2) is 52.2 Å². The summed E-state index contributed by atoms with van der Waals surface area (Å²) >= 11 is 19.6. The molecule has 0 saturated heterocycles. The molecule has 7 nitrogen and oxygen atoms in total. The number of anilines is 1. The lowest BCUT2D eigenvalue weighted by Crippen LogP contribution is -2.32. The van der Waals surface area contributed by atoms with Crippen LogP contribution in [0.4, 0.5) is 5.82 Å². The summed E-state index contributed by atoms with van der Waals surface area (Å²) in [6, 6.07) is 6.76. The summed E-state index contributed by atoms with van der Waals surface area (Å²) in [5.74, 6) is 0.427. The number of aliphatic hydroxyl groups excluding tert-OH is 1. The van der Waals surface area contributed by atoms with Crippen LogP contribution in [0.5, 0.6) is 0 Å². The zero-order chi connectivity index (χ0) is 27.4. The van der Waals surface area contributed by atoms with Crippen molar-refractivity contribution < 1.29 is 14.6 Å². The molecule has 2 aromatic heterocycles. The molecule has 0 fully saturated rings. The lowest BCUT2D eigenvalue weighted by molar-refractivity contribution is -0.0790. The quantitative estimate of drug-likeness (QED) is 0.261. The molecular formula is C27H34Cl3N3O4. The summed E-state index contributed by atoms with van der Waals surface area (Å²) in [6.45, 7) is 11.1. The number of aliphatic hydroxyl groups is 1. The number of benzene rings is 1. The molecule has 0 aliphatic rings. The van der Waals surface area contributed by atoms with Crippen LogP contribution in [0.1, 0.15) is 46.2 Å². The number of halogens is 3. The number of nitrogens with zero attached hydrogens (tertiary/aromatic N) is 2. The summed E-state index contributed by atoms with van der Waals surface area (Å²) < 4.78 is 13.6. The Kier molecular flexibility index (Phi) is 9.89. The number of hydrogen-bond acceptors (Lipinski definition) is 6. The van der Waals surface area contributed by atoms with Crippen molar-refractivity contribution >= 4 is 51.5 Å². The van der Waals surface area contributed by atoms with Crippen LogP contribution in [0.25, 0.3) is 16.6 Å². The summed E-state index contributed by atoms with van der Waals surface area (Å²) in [7, 11) is 0. The summed E-state index contributed by atoms with van der Waals surface area (Å²) in [5.41, 5.74) is 0.667. The second-order valence-electron chi connectivity index (χ2n) is 10.1. The molecule has 0 unspecified atom stereocenters. The largest absolute Gasteiger partial charge is 0.394 e. The molecule has 202 valence electrons. The second kappa shape index (κ2) is 12.3. The van der Waals surface area contributed by atoms with E-state index in [9.17, 15) is 4.79 Å². The van der Waals surface area contributed by atoms with Crippen molar-refractivity contribution in [3.05, 3.63) is 61.4 Å². The Balaban J connectivity index is 1.82. The third kappa shape index (κ3) is 7.37. The number of nitrogens with one attached hydrogen (secondary N) is 1. The minimum Gasteiger partial charge on any atom is -0.394 e.